The fraction of sp³-hybridized carbons (Fsp3) is 0.579. The normalized spacial score (nSPS) is 19.8. The topological polar surface area (TPSA) is 57.2 Å². The van der Waals surface area contributed by atoms with Gasteiger partial charge in [0.1, 0.15) is 5.60 Å². The molecule has 0 spiro atoms. The lowest BCUT2D eigenvalue weighted by Crippen LogP contribution is -2.57. The van der Waals surface area contributed by atoms with Gasteiger partial charge in [-0.15, -0.1) is 0 Å². The SMILES string of the molecule is CC(C)(C)OC(=O)N1CCN2C(NCCc3cccc(Cl)c3)=NCC2C1. The van der Waals surface area contributed by atoms with Crippen LogP contribution in [0, 0.1) is 0 Å². The van der Waals surface area contributed by atoms with Crippen molar-refractivity contribution < 1.29 is 9.53 Å². The van der Waals surface area contributed by atoms with E-state index in [0.29, 0.717) is 19.6 Å². The first-order valence-electron chi connectivity index (χ1n) is 9.09. The van der Waals surface area contributed by atoms with Gasteiger partial charge in [-0.2, -0.15) is 0 Å². The summed E-state index contributed by atoms with van der Waals surface area (Å²) in [7, 11) is 0. The van der Waals surface area contributed by atoms with Crippen LogP contribution in [0.2, 0.25) is 5.02 Å². The summed E-state index contributed by atoms with van der Waals surface area (Å²) in [6, 6.07) is 8.14. The van der Waals surface area contributed by atoms with Crippen molar-refractivity contribution in [2.45, 2.75) is 38.8 Å². The summed E-state index contributed by atoms with van der Waals surface area (Å²) < 4.78 is 5.48. The highest BCUT2D eigenvalue weighted by Gasteiger charge is 2.36. The fourth-order valence-electron chi connectivity index (χ4n) is 3.23. The van der Waals surface area contributed by atoms with Gasteiger partial charge in [0.15, 0.2) is 5.96 Å². The predicted octanol–water partition coefficient (Wildman–Crippen LogP) is 2.76. The quantitative estimate of drug-likeness (QED) is 0.878. The van der Waals surface area contributed by atoms with E-state index in [1.807, 2.05) is 39.0 Å². The highest BCUT2D eigenvalue weighted by molar-refractivity contribution is 6.30. The standard InChI is InChI=1S/C19H27ClN4O2/c1-19(2,3)26-18(25)23-9-10-24-16(13-23)12-22-17(24)21-8-7-14-5-4-6-15(20)11-14/h4-6,11,16H,7-10,12-13H2,1-3H3,(H,21,22). The highest BCUT2D eigenvalue weighted by Crippen LogP contribution is 2.18. The number of guanidine groups is 1. The number of nitrogens with zero attached hydrogens (tertiary/aromatic N) is 3. The Kier molecular flexibility index (Phi) is 5.61. The molecule has 2 heterocycles. The van der Waals surface area contributed by atoms with Crippen LogP contribution in [0.4, 0.5) is 4.79 Å². The number of ether oxygens (including phenoxy) is 1. The van der Waals surface area contributed by atoms with Crippen molar-refractivity contribution in [2.24, 2.45) is 4.99 Å². The van der Waals surface area contributed by atoms with Gasteiger partial charge < -0.3 is 19.9 Å². The van der Waals surface area contributed by atoms with Crippen molar-refractivity contribution in [3.8, 4) is 0 Å². The smallest absolute Gasteiger partial charge is 0.410 e. The number of hydrogen-bond donors (Lipinski definition) is 1. The van der Waals surface area contributed by atoms with Crippen LogP contribution in [0.25, 0.3) is 0 Å². The second-order valence-electron chi connectivity index (χ2n) is 7.74. The van der Waals surface area contributed by atoms with Gasteiger partial charge in [-0.3, -0.25) is 4.99 Å². The maximum Gasteiger partial charge on any atom is 0.410 e. The molecule has 142 valence electrons. The molecule has 1 fully saturated rings. The van der Waals surface area contributed by atoms with Gasteiger partial charge in [-0.1, -0.05) is 23.7 Å². The molecule has 7 heteroatoms. The summed E-state index contributed by atoms with van der Waals surface area (Å²) in [5.74, 6) is 0.931. The largest absolute Gasteiger partial charge is 0.444 e. The van der Waals surface area contributed by atoms with Crippen molar-refractivity contribution >= 4 is 23.7 Å². The van der Waals surface area contributed by atoms with Crippen molar-refractivity contribution in [2.75, 3.05) is 32.7 Å². The number of benzene rings is 1. The monoisotopic (exact) mass is 378 g/mol. The minimum atomic E-state index is -0.465. The number of nitrogens with one attached hydrogen (secondary N) is 1. The van der Waals surface area contributed by atoms with E-state index in [1.165, 1.54) is 5.56 Å². The van der Waals surface area contributed by atoms with Crippen LogP contribution in [0.3, 0.4) is 0 Å². The van der Waals surface area contributed by atoms with Gasteiger partial charge in [-0.05, 0) is 44.9 Å². The van der Waals surface area contributed by atoms with Gasteiger partial charge in [-0.25, -0.2) is 4.79 Å². The zero-order chi connectivity index (χ0) is 18.7. The first-order valence-corrected chi connectivity index (χ1v) is 9.47. The lowest BCUT2D eigenvalue weighted by molar-refractivity contribution is 0.0137. The summed E-state index contributed by atoms with van der Waals surface area (Å²) in [6.45, 7) is 9.26. The zero-order valence-corrected chi connectivity index (χ0v) is 16.4. The molecular weight excluding hydrogens is 352 g/mol. The molecular formula is C19H27ClN4O2. The van der Waals surface area contributed by atoms with E-state index in [2.05, 4.69) is 21.3 Å². The zero-order valence-electron chi connectivity index (χ0n) is 15.7. The van der Waals surface area contributed by atoms with Crippen LogP contribution in [0.5, 0.6) is 0 Å². The second kappa shape index (κ2) is 7.74. The summed E-state index contributed by atoms with van der Waals surface area (Å²) in [5, 5.41) is 4.19. The number of aliphatic imine (C=N–C) groups is 1. The Hall–Kier alpha value is -1.95. The Morgan fingerprint density at radius 2 is 2.19 bits per heavy atom. The molecule has 1 saturated heterocycles. The Balaban J connectivity index is 1.47. The number of carbonyl (C=O) groups is 1. The molecule has 1 atom stereocenters. The molecule has 6 nitrogen and oxygen atoms in total. The first-order chi connectivity index (χ1) is 12.3. The van der Waals surface area contributed by atoms with Gasteiger partial charge in [0, 0.05) is 31.2 Å². The average Bonchev–Trinajstić information content (AvgIpc) is 2.96. The molecule has 1 aromatic rings. The Morgan fingerprint density at radius 3 is 2.92 bits per heavy atom. The molecule has 0 saturated carbocycles. The van der Waals surface area contributed by atoms with E-state index in [1.54, 1.807) is 4.90 Å². The third kappa shape index (κ3) is 4.81. The Labute approximate surface area is 160 Å². The molecule has 26 heavy (non-hydrogen) atoms. The second-order valence-corrected chi connectivity index (χ2v) is 8.18. The molecule has 1 unspecified atom stereocenters. The predicted molar refractivity (Wildman–Crippen MR) is 104 cm³/mol. The van der Waals surface area contributed by atoms with E-state index in [9.17, 15) is 4.79 Å². The lowest BCUT2D eigenvalue weighted by Gasteiger charge is -2.39. The average molecular weight is 379 g/mol. The van der Waals surface area contributed by atoms with E-state index in [-0.39, 0.29) is 12.1 Å². The van der Waals surface area contributed by atoms with Crippen LogP contribution >= 0.6 is 11.6 Å². The van der Waals surface area contributed by atoms with Gasteiger partial charge >= 0.3 is 6.09 Å². The number of fused-ring (bicyclic) bond motifs is 1. The third-order valence-electron chi connectivity index (χ3n) is 4.44. The van der Waals surface area contributed by atoms with Crippen LogP contribution in [-0.4, -0.2) is 66.2 Å². The first kappa shape index (κ1) is 18.8. The molecule has 0 bridgehead atoms. The summed E-state index contributed by atoms with van der Waals surface area (Å²) in [5.41, 5.74) is 0.739. The van der Waals surface area contributed by atoms with Gasteiger partial charge in [0.2, 0.25) is 0 Å². The Morgan fingerprint density at radius 1 is 1.38 bits per heavy atom. The van der Waals surface area contributed by atoms with Crippen molar-refractivity contribution in [3.63, 3.8) is 0 Å². The van der Waals surface area contributed by atoms with Crippen LogP contribution in [0.1, 0.15) is 26.3 Å². The van der Waals surface area contributed by atoms with E-state index in [4.69, 9.17) is 16.3 Å². The summed E-state index contributed by atoms with van der Waals surface area (Å²) >= 11 is 6.03. The molecule has 2 aliphatic rings. The minimum absolute atomic E-state index is 0.227. The fourth-order valence-corrected chi connectivity index (χ4v) is 3.45. The van der Waals surface area contributed by atoms with Crippen LogP contribution < -0.4 is 5.32 Å². The minimum Gasteiger partial charge on any atom is -0.444 e. The van der Waals surface area contributed by atoms with Crippen LogP contribution in [0.15, 0.2) is 29.3 Å². The van der Waals surface area contributed by atoms with Crippen molar-refractivity contribution in [3.05, 3.63) is 34.9 Å². The van der Waals surface area contributed by atoms with Gasteiger partial charge in [0.05, 0.1) is 12.6 Å². The molecule has 1 N–H and O–H groups in total. The van der Waals surface area contributed by atoms with Crippen LogP contribution in [-0.2, 0) is 11.2 Å². The molecule has 0 aliphatic carbocycles. The highest BCUT2D eigenvalue weighted by atomic mass is 35.5. The molecule has 2 aliphatic heterocycles. The molecule has 3 rings (SSSR count). The molecule has 1 aromatic carbocycles. The van der Waals surface area contributed by atoms with Crippen molar-refractivity contribution in [1.29, 1.82) is 0 Å². The maximum atomic E-state index is 12.3. The maximum absolute atomic E-state index is 12.3. The number of hydrogen-bond acceptors (Lipinski definition) is 5. The van der Waals surface area contributed by atoms with E-state index < -0.39 is 5.60 Å². The van der Waals surface area contributed by atoms with Gasteiger partial charge in [0.25, 0.3) is 0 Å². The number of rotatable bonds is 3. The summed E-state index contributed by atoms with van der Waals surface area (Å²) in [6.07, 6.45) is 0.654. The third-order valence-corrected chi connectivity index (χ3v) is 4.68. The molecule has 0 aromatic heterocycles. The molecule has 1 amide bonds. The van der Waals surface area contributed by atoms with E-state index in [0.717, 1.165) is 30.5 Å². The van der Waals surface area contributed by atoms with Crippen molar-refractivity contribution in [1.82, 2.24) is 15.1 Å². The molecule has 0 radical (unpaired) electrons. The number of amides is 1. The number of halogens is 1. The number of piperazine rings is 1. The lowest BCUT2D eigenvalue weighted by atomic mass is 10.1. The number of carbonyl (C=O) groups excluding carboxylic acids is 1. The summed E-state index contributed by atoms with van der Waals surface area (Å²) in [4.78, 5) is 20.9. The Bertz CT molecular complexity index is 686. The van der Waals surface area contributed by atoms with E-state index >= 15 is 0 Å².